The van der Waals surface area contributed by atoms with Gasteiger partial charge in [0.05, 0.1) is 6.42 Å². The minimum Gasteiger partial charge on any atom is -0.481 e. The Kier molecular flexibility index (Phi) is 4.66. The van der Waals surface area contributed by atoms with E-state index in [1.54, 1.807) is 0 Å². The number of amides is 1. The fourth-order valence-corrected chi connectivity index (χ4v) is 3.01. The Hall–Kier alpha value is -1.84. The fraction of sp³-hybridized carbons (Fsp3) is 0.529. The summed E-state index contributed by atoms with van der Waals surface area (Å²) in [5.41, 5.74) is 2.16. The lowest BCUT2D eigenvalue weighted by molar-refractivity contribution is -0.139. The molecule has 2 rings (SSSR count). The standard InChI is InChI=1S/C17H23NO3/c1-17(2,11-16(20)21)10-15(19)18-14-8-7-12-5-3-4-6-13(12)9-14/h3-6,14H,7-11H2,1-2H3,(H,18,19)(H,20,21)/t14-/m0/s1. The van der Waals surface area contributed by atoms with Crippen LogP contribution in [0.1, 0.15) is 44.2 Å². The predicted molar refractivity (Wildman–Crippen MR) is 81.0 cm³/mol. The summed E-state index contributed by atoms with van der Waals surface area (Å²) in [7, 11) is 0. The Morgan fingerprint density at radius 1 is 1.24 bits per heavy atom. The second-order valence-electron chi connectivity index (χ2n) is 6.69. The highest BCUT2D eigenvalue weighted by Gasteiger charge is 2.27. The minimum absolute atomic E-state index is 0.00786. The first kappa shape index (κ1) is 15.5. The Morgan fingerprint density at radius 2 is 1.90 bits per heavy atom. The predicted octanol–water partition coefficient (Wildman–Crippen LogP) is 2.55. The van der Waals surface area contributed by atoms with Gasteiger partial charge in [-0.3, -0.25) is 9.59 Å². The molecule has 2 N–H and O–H groups in total. The summed E-state index contributed by atoms with van der Waals surface area (Å²) >= 11 is 0. The Morgan fingerprint density at radius 3 is 2.57 bits per heavy atom. The molecule has 1 aromatic rings. The highest BCUT2D eigenvalue weighted by atomic mass is 16.4. The second kappa shape index (κ2) is 6.29. The number of carbonyl (C=O) groups is 2. The molecule has 0 bridgehead atoms. The molecule has 1 atom stereocenters. The summed E-state index contributed by atoms with van der Waals surface area (Å²) in [5.74, 6) is -0.912. The van der Waals surface area contributed by atoms with E-state index in [1.807, 2.05) is 26.0 Å². The lowest BCUT2D eigenvalue weighted by Crippen LogP contribution is -2.40. The summed E-state index contributed by atoms with van der Waals surface area (Å²) in [6.45, 7) is 3.63. The number of aliphatic carboxylic acids is 1. The van der Waals surface area contributed by atoms with Crippen molar-refractivity contribution in [1.29, 1.82) is 0 Å². The van der Waals surface area contributed by atoms with E-state index in [0.29, 0.717) is 0 Å². The summed E-state index contributed by atoms with van der Waals surface area (Å²) in [6.07, 6.45) is 3.05. The fourth-order valence-electron chi connectivity index (χ4n) is 3.01. The van der Waals surface area contributed by atoms with E-state index in [-0.39, 0.29) is 24.8 Å². The molecule has 0 saturated carbocycles. The molecule has 1 aromatic carbocycles. The van der Waals surface area contributed by atoms with Crippen molar-refractivity contribution >= 4 is 11.9 Å². The quantitative estimate of drug-likeness (QED) is 0.875. The molecule has 4 nitrogen and oxygen atoms in total. The van der Waals surface area contributed by atoms with Crippen LogP contribution in [0.15, 0.2) is 24.3 Å². The third-order valence-corrected chi connectivity index (χ3v) is 3.98. The van der Waals surface area contributed by atoms with Crippen molar-refractivity contribution < 1.29 is 14.7 Å². The van der Waals surface area contributed by atoms with E-state index in [2.05, 4.69) is 17.4 Å². The van der Waals surface area contributed by atoms with Gasteiger partial charge >= 0.3 is 5.97 Å². The van der Waals surface area contributed by atoms with Gasteiger partial charge in [-0.15, -0.1) is 0 Å². The lowest BCUT2D eigenvalue weighted by Gasteiger charge is -2.27. The zero-order valence-electron chi connectivity index (χ0n) is 12.7. The van der Waals surface area contributed by atoms with Crippen molar-refractivity contribution in [2.24, 2.45) is 5.41 Å². The largest absolute Gasteiger partial charge is 0.481 e. The van der Waals surface area contributed by atoms with E-state index >= 15 is 0 Å². The summed E-state index contributed by atoms with van der Waals surface area (Å²) < 4.78 is 0. The highest BCUT2D eigenvalue weighted by molar-refractivity contribution is 5.78. The van der Waals surface area contributed by atoms with Crippen LogP contribution >= 0.6 is 0 Å². The number of aryl methyl sites for hydroxylation is 1. The van der Waals surface area contributed by atoms with E-state index in [0.717, 1.165) is 19.3 Å². The number of fused-ring (bicyclic) bond motifs is 1. The molecule has 0 saturated heterocycles. The Balaban J connectivity index is 1.88. The lowest BCUT2D eigenvalue weighted by atomic mass is 9.84. The maximum Gasteiger partial charge on any atom is 0.303 e. The van der Waals surface area contributed by atoms with Gasteiger partial charge in [-0.1, -0.05) is 38.1 Å². The zero-order valence-corrected chi connectivity index (χ0v) is 12.7. The molecule has 0 aliphatic heterocycles. The molecule has 1 aliphatic rings. The first-order valence-corrected chi connectivity index (χ1v) is 7.44. The van der Waals surface area contributed by atoms with Crippen LogP contribution in [-0.4, -0.2) is 23.0 Å². The molecule has 0 unspecified atom stereocenters. The van der Waals surface area contributed by atoms with Gasteiger partial charge in [-0.05, 0) is 35.8 Å². The van der Waals surface area contributed by atoms with Gasteiger partial charge in [0.2, 0.25) is 5.91 Å². The van der Waals surface area contributed by atoms with E-state index in [1.165, 1.54) is 11.1 Å². The number of carboxylic acids is 1. The normalized spacial score (nSPS) is 17.9. The number of rotatable bonds is 5. The van der Waals surface area contributed by atoms with Crippen LogP contribution in [0, 0.1) is 5.41 Å². The van der Waals surface area contributed by atoms with Gasteiger partial charge in [0, 0.05) is 12.5 Å². The number of hydrogen-bond acceptors (Lipinski definition) is 2. The highest BCUT2D eigenvalue weighted by Crippen LogP contribution is 2.26. The van der Waals surface area contributed by atoms with Gasteiger partial charge in [-0.2, -0.15) is 0 Å². The molecular formula is C17H23NO3. The average Bonchev–Trinajstić information content (AvgIpc) is 2.36. The Labute approximate surface area is 125 Å². The SMILES string of the molecule is CC(C)(CC(=O)O)CC(=O)N[C@H]1CCc2ccccc2C1. The third-order valence-electron chi connectivity index (χ3n) is 3.98. The van der Waals surface area contributed by atoms with Crippen LogP contribution in [0.5, 0.6) is 0 Å². The van der Waals surface area contributed by atoms with E-state index in [9.17, 15) is 9.59 Å². The number of hydrogen-bond donors (Lipinski definition) is 2. The smallest absolute Gasteiger partial charge is 0.303 e. The summed E-state index contributed by atoms with van der Waals surface area (Å²) in [4.78, 5) is 22.9. The van der Waals surface area contributed by atoms with Crippen molar-refractivity contribution in [3.8, 4) is 0 Å². The van der Waals surface area contributed by atoms with Crippen LogP contribution < -0.4 is 5.32 Å². The van der Waals surface area contributed by atoms with Crippen LogP contribution in [0.25, 0.3) is 0 Å². The van der Waals surface area contributed by atoms with Crippen LogP contribution in [-0.2, 0) is 22.4 Å². The monoisotopic (exact) mass is 289 g/mol. The van der Waals surface area contributed by atoms with Crippen molar-refractivity contribution in [3.63, 3.8) is 0 Å². The van der Waals surface area contributed by atoms with E-state index in [4.69, 9.17) is 5.11 Å². The van der Waals surface area contributed by atoms with Gasteiger partial charge in [0.1, 0.15) is 0 Å². The number of carbonyl (C=O) groups excluding carboxylic acids is 1. The maximum absolute atomic E-state index is 12.1. The van der Waals surface area contributed by atoms with Crippen molar-refractivity contribution in [3.05, 3.63) is 35.4 Å². The topological polar surface area (TPSA) is 66.4 Å². The molecule has 0 spiro atoms. The zero-order chi connectivity index (χ0) is 15.5. The molecule has 0 aromatic heterocycles. The summed E-state index contributed by atoms with van der Waals surface area (Å²) in [6, 6.07) is 8.49. The molecule has 0 radical (unpaired) electrons. The van der Waals surface area contributed by atoms with Crippen molar-refractivity contribution in [1.82, 2.24) is 5.32 Å². The van der Waals surface area contributed by atoms with Crippen LogP contribution in [0.2, 0.25) is 0 Å². The first-order valence-electron chi connectivity index (χ1n) is 7.44. The average molecular weight is 289 g/mol. The molecule has 0 fully saturated rings. The van der Waals surface area contributed by atoms with Gasteiger partial charge in [0.25, 0.3) is 0 Å². The number of carboxylic acid groups (broad SMARTS) is 1. The van der Waals surface area contributed by atoms with E-state index < -0.39 is 11.4 Å². The second-order valence-corrected chi connectivity index (χ2v) is 6.69. The Bertz CT molecular complexity index is 537. The van der Waals surface area contributed by atoms with Crippen LogP contribution in [0.4, 0.5) is 0 Å². The maximum atomic E-state index is 12.1. The third kappa shape index (κ3) is 4.59. The number of benzene rings is 1. The van der Waals surface area contributed by atoms with Gasteiger partial charge in [0.15, 0.2) is 0 Å². The van der Waals surface area contributed by atoms with Gasteiger partial charge in [-0.25, -0.2) is 0 Å². The number of nitrogens with one attached hydrogen (secondary N) is 1. The van der Waals surface area contributed by atoms with Crippen molar-refractivity contribution in [2.75, 3.05) is 0 Å². The molecule has 4 heteroatoms. The van der Waals surface area contributed by atoms with Crippen LogP contribution in [0.3, 0.4) is 0 Å². The summed E-state index contributed by atoms with van der Waals surface area (Å²) in [5, 5.41) is 11.9. The molecule has 1 aliphatic carbocycles. The first-order chi connectivity index (χ1) is 9.85. The van der Waals surface area contributed by atoms with Gasteiger partial charge < -0.3 is 10.4 Å². The molecule has 21 heavy (non-hydrogen) atoms. The minimum atomic E-state index is -0.862. The molecular weight excluding hydrogens is 266 g/mol. The molecule has 114 valence electrons. The van der Waals surface area contributed by atoms with Crippen molar-refractivity contribution in [2.45, 2.75) is 52.0 Å². The molecule has 1 amide bonds. The molecule has 0 heterocycles.